The molecular formula is C30H33N2Si+. The minimum atomic E-state index is -1.50. The van der Waals surface area contributed by atoms with E-state index in [1.54, 1.807) is 0 Å². The van der Waals surface area contributed by atoms with Crippen molar-refractivity contribution in [3.63, 3.8) is 0 Å². The molecule has 6 rings (SSSR count). The Hall–Kier alpha value is -2.91. The first-order chi connectivity index (χ1) is 15.5. The summed E-state index contributed by atoms with van der Waals surface area (Å²) >= 11 is 0. The van der Waals surface area contributed by atoms with Gasteiger partial charge in [-0.3, -0.25) is 0 Å². The van der Waals surface area contributed by atoms with Gasteiger partial charge < -0.3 is 4.40 Å². The van der Waals surface area contributed by atoms with Crippen LogP contribution in [-0.4, -0.2) is 12.5 Å². The SMILES string of the molecule is Cc1ccc2c3ccc(C(C)(C)C)cc3n3c4cc([Si](C)(C)C)cc5cc[n+](C)c(c1c23)c54. The smallest absolute Gasteiger partial charge is 0.224 e. The molecule has 166 valence electrons. The third-order valence-corrected chi connectivity index (χ3v) is 9.58. The molecule has 0 radical (unpaired) electrons. The molecule has 0 bridgehead atoms. The van der Waals surface area contributed by atoms with Crippen molar-refractivity contribution in [2.45, 2.75) is 52.8 Å². The van der Waals surface area contributed by atoms with Gasteiger partial charge in [-0.05, 0) is 41.0 Å². The van der Waals surface area contributed by atoms with Crippen LogP contribution in [0.5, 0.6) is 0 Å². The quantitative estimate of drug-likeness (QED) is 0.111. The highest BCUT2D eigenvalue weighted by Crippen LogP contribution is 2.41. The maximum absolute atomic E-state index is 2.58. The number of rotatable bonds is 1. The molecule has 0 saturated heterocycles. The second-order valence-corrected chi connectivity index (χ2v) is 17.0. The molecule has 0 spiro atoms. The van der Waals surface area contributed by atoms with Crippen LogP contribution >= 0.6 is 0 Å². The third kappa shape index (κ3) is 2.75. The first-order valence-corrected chi connectivity index (χ1v) is 15.5. The Labute approximate surface area is 196 Å². The summed E-state index contributed by atoms with van der Waals surface area (Å²) in [4.78, 5) is 0. The monoisotopic (exact) mass is 449 g/mol. The number of hydrogen-bond acceptors (Lipinski definition) is 0. The maximum atomic E-state index is 2.58. The van der Waals surface area contributed by atoms with Crippen LogP contribution < -0.4 is 9.75 Å². The van der Waals surface area contributed by atoms with Gasteiger partial charge in [-0.1, -0.05) is 75.9 Å². The van der Waals surface area contributed by atoms with Crippen molar-refractivity contribution in [2.24, 2.45) is 7.05 Å². The van der Waals surface area contributed by atoms with Gasteiger partial charge in [0.1, 0.15) is 7.05 Å². The largest absolute Gasteiger partial charge is 0.307 e. The van der Waals surface area contributed by atoms with Crippen LogP contribution in [0.15, 0.2) is 54.7 Å². The van der Waals surface area contributed by atoms with Gasteiger partial charge in [0, 0.05) is 16.8 Å². The van der Waals surface area contributed by atoms with Gasteiger partial charge in [0.15, 0.2) is 6.20 Å². The van der Waals surface area contributed by atoms with Crippen LogP contribution in [0.2, 0.25) is 19.6 Å². The number of fused-ring (bicyclic) bond motifs is 5. The van der Waals surface area contributed by atoms with Crippen LogP contribution in [-0.2, 0) is 12.5 Å². The second kappa shape index (κ2) is 6.36. The number of pyridine rings is 2. The summed E-state index contributed by atoms with van der Waals surface area (Å²) in [6.07, 6.45) is 2.24. The Bertz CT molecular complexity index is 1740. The Morgan fingerprint density at radius 3 is 2.24 bits per heavy atom. The molecule has 3 aromatic heterocycles. The van der Waals surface area contributed by atoms with Gasteiger partial charge in [-0.2, -0.15) is 0 Å². The van der Waals surface area contributed by atoms with Gasteiger partial charge in [0.05, 0.1) is 35.4 Å². The minimum absolute atomic E-state index is 0.109. The molecule has 0 unspecified atom stereocenters. The molecule has 0 aliphatic rings. The van der Waals surface area contributed by atoms with Crippen LogP contribution in [0, 0.1) is 6.92 Å². The zero-order valence-electron chi connectivity index (χ0n) is 21.1. The van der Waals surface area contributed by atoms with E-state index in [1.165, 1.54) is 65.3 Å². The standard InChI is InChI=1S/C30H33N2Si/c1-18-9-11-23-22-12-10-20(30(2,3)4)16-24(22)32-25-17-21(33(6,7)8)15-19-13-14-31(5)29(27(19)25)26(18)28(23)32/h9-17H,1-8H3/q+1. The molecule has 3 heteroatoms. The molecule has 3 aromatic carbocycles. The third-order valence-electron chi connectivity index (χ3n) is 7.56. The zero-order chi connectivity index (χ0) is 23.4. The van der Waals surface area contributed by atoms with Gasteiger partial charge in [0.2, 0.25) is 5.52 Å². The first-order valence-electron chi connectivity index (χ1n) is 12.0. The van der Waals surface area contributed by atoms with Crippen molar-refractivity contribution < 1.29 is 4.57 Å². The van der Waals surface area contributed by atoms with E-state index in [0.29, 0.717) is 0 Å². The first kappa shape index (κ1) is 20.7. The summed E-state index contributed by atoms with van der Waals surface area (Å²) < 4.78 is 4.91. The summed E-state index contributed by atoms with van der Waals surface area (Å²) in [5.41, 5.74) is 8.22. The fourth-order valence-electron chi connectivity index (χ4n) is 5.61. The molecule has 0 aliphatic carbocycles. The molecule has 0 N–H and O–H groups in total. The number of aryl methyl sites for hydroxylation is 2. The highest BCUT2D eigenvalue weighted by atomic mass is 28.3. The molecule has 33 heavy (non-hydrogen) atoms. The molecule has 0 amide bonds. The number of benzene rings is 3. The molecule has 3 heterocycles. The van der Waals surface area contributed by atoms with Crippen LogP contribution in [0.3, 0.4) is 0 Å². The fraction of sp³-hybridized carbons (Fsp3) is 0.300. The molecule has 0 saturated carbocycles. The minimum Gasteiger partial charge on any atom is -0.307 e. The van der Waals surface area contributed by atoms with Crippen LogP contribution in [0.1, 0.15) is 31.9 Å². The Morgan fingerprint density at radius 1 is 0.818 bits per heavy atom. The van der Waals surface area contributed by atoms with E-state index < -0.39 is 8.07 Å². The van der Waals surface area contributed by atoms with Crippen LogP contribution in [0.25, 0.3) is 49.0 Å². The average Bonchev–Trinajstić information content (AvgIpc) is 3.07. The lowest BCUT2D eigenvalue weighted by Gasteiger charge is -2.21. The van der Waals surface area contributed by atoms with Gasteiger partial charge in [0.25, 0.3) is 0 Å². The number of hydrogen-bond donors (Lipinski definition) is 0. The van der Waals surface area contributed by atoms with Gasteiger partial charge in [-0.25, -0.2) is 4.57 Å². The predicted molar refractivity (Wildman–Crippen MR) is 146 cm³/mol. The lowest BCUT2D eigenvalue weighted by Crippen LogP contribution is -2.38. The van der Waals surface area contributed by atoms with Crippen molar-refractivity contribution in [1.82, 2.24) is 4.40 Å². The van der Waals surface area contributed by atoms with E-state index >= 15 is 0 Å². The highest BCUT2D eigenvalue weighted by molar-refractivity contribution is 6.89. The molecule has 0 aliphatic heterocycles. The van der Waals surface area contributed by atoms with E-state index in [2.05, 4.69) is 118 Å². The molecule has 6 aromatic rings. The van der Waals surface area contributed by atoms with Crippen molar-refractivity contribution in [3.8, 4) is 0 Å². The number of aromatic nitrogens is 2. The lowest BCUT2D eigenvalue weighted by atomic mass is 9.86. The normalized spacial score (nSPS) is 13.5. The molecule has 0 atom stereocenters. The van der Waals surface area contributed by atoms with Crippen molar-refractivity contribution in [1.29, 1.82) is 0 Å². The maximum Gasteiger partial charge on any atom is 0.224 e. The molecule has 2 nitrogen and oxygen atoms in total. The summed E-state index contributed by atoms with van der Waals surface area (Å²) in [5, 5.41) is 8.33. The number of nitrogens with zero attached hydrogens (tertiary/aromatic N) is 2. The average molecular weight is 450 g/mol. The lowest BCUT2D eigenvalue weighted by molar-refractivity contribution is -0.643. The van der Waals surface area contributed by atoms with E-state index in [9.17, 15) is 0 Å². The second-order valence-electron chi connectivity index (χ2n) is 12.0. The van der Waals surface area contributed by atoms with E-state index in [1.807, 2.05) is 0 Å². The highest BCUT2D eigenvalue weighted by Gasteiger charge is 2.27. The molecular weight excluding hydrogens is 416 g/mol. The Kier molecular flexibility index (Phi) is 3.98. The summed E-state index contributed by atoms with van der Waals surface area (Å²) in [6.45, 7) is 16.5. The van der Waals surface area contributed by atoms with Crippen LogP contribution in [0.4, 0.5) is 0 Å². The summed E-state index contributed by atoms with van der Waals surface area (Å²) in [6, 6.07) is 19.0. The van der Waals surface area contributed by atoms with E-state index in [-0.39, 0.29) is 5.41 Å². The van der Waals surface area contributed by atoms with Gasteiger partial charge in [-0.15, -0.1) is 0 Å². The van der Waals surface area contributed by atoms with Gasteiger partial charge >= 0.3 is 0 Å². The Morgan fingerprint density at radius 2 is 1.55 bits per heavy atom. The van der Waals surface area contributed by atoms with E-state index in [4.69, 9.17) is 0 Å². The molecule has 0 fully saturated rings. The summed E-state index contributed by atoms with van der Waals surface area (Å²) in [5.74, 6) is 0. The topological polar surface area (TPSA) is 8.29 Å². The predicted octanol–water partition coefficient (Wildman–Crippen LogP) is 6.97. The summed E-state index contributed by atoms with van der Waals surface area (Å²) in [7, 11) is 0.695. The zero-order valence-corrected chi connectivity index (χ0v) is 22.1. The van der Waals surface area contributed by atoms with E-state index in [0.717, 1.165) is 0 Å². The van der Waals surface area contributed by atoms with Crippen molar-refractivity contribution >= 4 is 62.3 Å². The fourth-order valence-corrected chi connectivity index (χ4v) is 6.77. The Balaban J connectivity index is 2.01. The van der Waals surface area contributed by atoms with Crippen molar-refractivity contribution in [2.75, 3.05) is 0 Å². The van der Waals surface area contributed by atoms with Crippen molar-refractivity contribution in [3.05, 3.63) is 65.9 Å².